The first-order chi connectivity index (χ1) is 15.1. The van der Waals surface area contributed by atoms with Gasteiger partial charge in [0.1, 0.15) is 22.9 Å². The maximum Gasteiger partial charge on any atom is 0.270 e. The number of ether oxygens (including phenoxy) is 2. The Bertz CT molecular complexity index is 1090. The highest BCUT2D eigenvalue weighted by molar-refractivity contribution is 7.99. The third-order valence-corrected chi connectivity index (χ3v) is 5.94. The number of rotatable bonds is 8. The van der Waals surface area contributed by atoms with E-state index in [-0.39, 0.29) is 17.4 Å². The number of nitrogens with one attached hydrogen (secondary N) is 1. The number of Topliss-reactive ketones (excluding diaryl/α,β-unsaturated/α-hetero) is 1. The Morgan fingerprint density at radius 3 is 2.71 bits per heavy atom. The molecule has 1 aliphatic heterocycles. The first-order valence-electron chi connectivity index (χ1n) is 9.75. The Kier molecular flexibility index (Phi) is 6.21. The van der Waals surface area contributed by atoms with E-state index >= 15 is 0 Å². The summed E-state index contributed by atoms with van der Waals surface area (Å²) in [5.74, 6) is 1.10. The van der Waals surface area contributed by atoms with Crippen molar-refractivity contribution in [2.75, 3.05) is 33.1 Å². The highest BCUT2D eigenvalue weighted by atomic mass is 32.2. The van der Waals surface area contributed by atoms with Gasteiger partial charge >= 0.3 is 0 Å². The molecule has 1 saturated heterocycles. The molecule has 10 nitrogen and oxygen atoms in total. The molecule has 0 unspecified atom stereocenters. The van der Waals surface area contributed by atoms with E-state index in [2.05, 4.69) is 20.5 Å². The van der Waals surface area contributed by atoms with Crippen LogP contribution in [0.3, 0.4) is 0 Å². The van der Waals surface area contributed by atoms with Crippen LogP contribution in [0.1, 0.15) is 33.7 Å². The summed E-state index contributed by atoms with van der Waals surface area (Å²) in [5.41, 5.74) is 1.48. The summed E-state index contributed by atoms with van der Waals surface area (Å²) in [6.07, 6.45) is 3.60. The number of methoxy groups -OCH3 is 2. The highest BCUT2D eigenvalue weighted by Gasteiger charge is 2.22. The third kappa shape index (κ3) is 4.41. The molecule has 0 aliphatic carbocycles. The minimum absolute atomic E-state index is 0.0710. The van der Waals surface area contributed by atoms with Crippen LogP contribution in [-0.2, 0) is 0 Å². The fourth-order valence-corrected chi connectivity index (χ4v) is 4.14. The number of hydrogen-bond donors (Lipinski definition) is 1. The maximum absolute atomic E-state index is 12.7. The average Bonchev–Trinajstić information content (AvgIpc) is 3.57. The number of ketones is 1. The minimum atomic E-state index is -0.131. The van der Waals surface area contributed by atoms with Crippen LogP contribution >= 0.6 is 11.8 Å². The van der Waals surface area contributed by atoms with Crippen LogP contribution in [0.15, 0.2) is 35.6 Å². The van der Waals surface area contributed by atoms with Gasteiger partial charge in [-0.25, -0.2) is 0 Å². The van der Waals surface area contributed by atoms with Crippen molar-refractivity contribution in [3.63, 3.8) is 0 Å². The van der Waals surface area contributed by atoms with E-state index in [0.29, 0.717) is 33.6 Å². The standard InChI is InChI=1S/C20H22N6O4S/c1-29-14-5-6-18(30-2)16(10-14)26-20(22-23-24-26)31-12-17(27)13-9-15(21-11-13)19(28)25-7-3-4-8-25/h5-6,9-11,21H,3-4,7-8,12H2,1-2H3. The number of thioether (sulfide) groups is 1. The average molecular weight is 443 g/mol. The second kappa shape index (κ2) is 9.21. The van der Waals surface area contributed by atoms with Crippen molar-refractivity contribution in [3.8, 4) is 17.2 Å². The zero-order valence-corrected chi connectivity index (χ0v) is 18.0. The van der Waals surface area contributed by atoms with Gasteiger partial charge in [0, 0.05) is 30.9 Å². The summed E-state index contributed by atoms with van der Waals surface area (Å²) >= 11 is 1.20. The van der Waals surface area contributed by atoms with Gasteiger partial charge in [-0.1, -0.05) is 11.8 Å². The molecule has 1 amide bonds. The lowest BCUT2D eigenvalue weighted by molar-refractivity contribution is 0.0787. The van der Waals surface area contributed by atoms with E-state index in [4.69, 9.17) is 9.47 Å². The molecule has 0 bridgehead atoms. The second-order valence-electron chi connectivity index (χ2n) is 6.92. The van der Waals surface area contributed by atoms with E-state index in [0.717, 1.165) is 25.9 Å². The maximum atomic E-state index is 12.7. The molecular weight excluding hydrogens is 420 g/mol. The molecule has 1 N–H and O–H groups in total. The monoisotopic (exact) mass is 442 g/mol. The SMILES string of the molecule is COc1ccc(OC)c(-n2nnnc2SCC(=O)c2c[nH]c(C(=O)N3CCCC3)c2)c1. The van der Waals surface area contributed by atoms with Gasteiger partial charge in [0.2, 0.25) is 5.16 Å². The van der Waals surface area contributed by atoms with E-state index in [1.54, 1.807) is 49.6 Å². The van der Waals surface area contributed by atoms with E-state index in [1.165, 1.54) is 16.4 Å². The van der Waals surface area contributed by atoms with Crippen LogP contribution in [0, 0.1) is 0 Å². The Labute approximate surface area is 182 Å². The molecule has 0 spiro atoms. The van der Waals surface area contributed by atoms with Gasteiger partial charge in [0.05, 0.1) is 20.0 Å². The molecule has 0 atom stereocenters. The normalized spacial score (nSPS) is 13.4. The number of benzene rings is 1. The van der Waals surface area contributed by atoms with Crippen LogP contribution in [0.5, 0.6) is 11.5 Å². The number of nitrogens with zero attached hydrogens (tertiary/aromatic N) is 5. The molecule has 3 heterocycles. The van der Waals surface area contributed by atoms with Gasteiger partial charge in [-0.05, 0) is 41.5 Å². The molecule has 0 radical (unpaired) electrons. The molecule has 1 aromatic carbocycles. The molecule has 1 aliphatic rings. The van der Waals surface area contributed by atoms with Gasteiger partial charge in [0.25, 0.3) is 5.91 Å². The first-order valence-corrected chi connectivity index (χ1v) is 10.7. The van der Waals surface area contributed by atoms with Crippen LogP contribution in [0.2, 0.25) is 0 Å². The Morgan fingerprint density at radius 2 is 1.97 bits per heavy atom. The number of H-pyrrole nitrogens is 1. The smallest absolute Gasteiger partial charge is 0.270 e. The molecule has 31 heavy (non-hydrogen) atoms. The number of hydrogen-bond acceptors (Lipinski definition) is 8. The van der Waals surface area contributed by atoms with Crippen molar-refractivity contribution in [1.29, 1.82) is 0 Å². The molecule has 2 aromatic heterocycles. The Balaban J connectivity index is 1.46. The lowest BCUT2D eigenvalue weighted by Crippen LogP contribution is -2.27. The van der Waals surface area contributed by atoms with E-state index in [9.17, 15) is 9.59 Å². The zero-order chi connectivity index (χ0) is 21.8. The molecule has 1 fully saturated rings. The zero-order valence-electron chi connectivity index (χ0n) is 17.2. The van der Waals surface area contributed by atoms with E-state index in [1.807, 2.05) is 0 Å². The van der Waals surface area contributed by atoms with Crippen molar-refractivity contribution in [2.24, 2.45) is 0 Å². The molecule has 162 valence electrons. The van der Waals surface area contributed by atoms with Crippen molar-refractivity contribution < 1.29 is 19.1 Å². The number of carbonyl (C=O) groups is 2. The van der Waals surface area contributed by atoms with Crippen LogP contribution in [-0.4, -0.2) is 74.8 Å². The quantitative estimate of drug-likeness (QED) is 0.417. The summed E-state index contributed by atoms with van der Waals surface area (Å²) in [7, 11) is 3.12. The van der Waals surface area contributed by atoms with Gasteiger partial charge in [-0.3, -0.25) is 9.59 Å². The van der Waals surface area contributed by atoms with Gasteiger partial charge < -0.3 is 19.4 Å². The highest BCUT2D eigenvalue weighted by Crippen LogP contribution is 2.30. The number of likely N-dealkylation sites (tertiary alicyclic amines) is 1. The third-order valence-electron chi connectivity index (χ3n) is 5.02. The van der Waals surface area contributed by atoms with Crippen molar-refractivity contribution in [1.82, 2.24) is 30.1 Å². The van der Waals surface area contributed by atoms with Gasteiger partial charge in [0.15, 0.2) is 5.78 Å². The minimum Gasteiger partial charge on any atom is -0.497 e. The number of aromatic nitrogens is 5. The second-order valence-corrected chi connectivity index (χ2v) is 7.87. The van der Waals surface area contributed by atoms with Crippen LogP contribution in [0.4, 0.5) is 0 Å². The summed E-state index contributed by atoms with van der Waals surface area (Å²) in [4.78, 5) is 29.9. The fourth-order valence-electron chi connectivity index (χ4n) is 3.37. The summed E-state index contributed by atoms with van der Waals surface area (Å²) in [6, 6.07) is 6.89. The van der Waals surface area contributed by atoms with Gasteiger partial charge in [-0.15, -0.1) is 5.10 Å². The summed E-state index contributed by atoms with van der Waals surface area (Å²) in [5, 5.41) is 12.2. The fraction of sp³-hybridized carbons (Fsp3) is 0.350. The summed E-state index contributed by atoms with van der Waals surface area (Å²) < 4.78 is 12.2. The van der Waals surface area contributed by atoms with Gasteiger partial charge in [-0.2, -0.15) is 4.68 Å². The first kappa shape index (κ1) is 20.9. The lowest BCUT2D eigenvalue weighted by atomic mass is 10.2. The molecule has 11 heteroatoms. The molecular formula is C20H22N6O4S. The summed E-state index contributed by atoms with van der Waals surface area (Å²) in [6.45, 7) is 1.51. The lowest BCUT2D eigenvalue weighted by Gasteiger charge is -2.13. The largest absolute Gasteiger partial charge is 0.497 e. The van der Waals surface area contributed by atoms with Crippen LogP contribution in [0.25, 0.3) is 5.69 Å². The molecule has 3 aromatic rings. The molecule has 0 saturated carbocycles. The topological polar surface area (TPSA) is 115 Å². The molecule has 4 rings (SSSR count). The van der Waals surface area contributed by atoms with E-state index < -0.39 is 0 Å². The predicted octanol–water partition coefficient (Wildman–Crippen LogP) is 2.22. The Hall–Kier alpha value is -3.34. The van der Waals surface area contributed by atoms with Crippen molar-refractivity contribution >= 4 is 23.5 Å². The number of carbonyl (C=O) groups excluding carboxylic acids is 2. The van der Waals surface area contributed by atoms with Crippen LogP contribution < -0.4 is 9.47 Å². The van der Waals surface area contributed by atoms with Crippen molar-refractivity contribution in [2.45, 2.75) is 18.0 Å². The predicted molar refractivity (Wildman–Crippen MR) is 113 cm³/mol. The number of aromatic amines is 1. The number of tetrazole rings is 1. The number of amides is 1. The Morgan fingerprint density at radius 1 is 1.16 bits per heavy atom. The van der Waals surface area contributed by atoms with Crippen molar-refractivity contribution in [3.05, 3.63) is 41.7 Å².